The molecule has 0 saturated carbocycles. The zero-order valence-corrected chi connectivity index (χ0v) is 13.3. The van der Waals surface area contributed by atoms with Gasteiger partial charge in [0.05, 0.1) is 18.7 Å². The van der Waals surface area contributed by atoms with Gasteiger partial charge in [0.25, 0.3) is 0 Å². The van der Waals surface area contributed by atoms with E-state index in [1.807, 2.05) is 0 Å². The Bertz CT molecular complexity index is 756. The van der Waals surface area contributed by atoms with Crippen molar-refractivity contribution in [3.05, 3.63) is 60.1 Å². The molecule has 6 nitrogen and oxygen atoms in total. The summed E-state index contributed by atoms with van der Waals surface area (Å²) in [5.74, 6) is -3.73. The van der Waals surface area contributed by atoms with Crippen molar-refractivity contribution in [1.29, 1.82) is 0 Å². The Balaban J connectivity index is 2.00. The highest BCUT2D eigenvalue weighted by Crippen LogP contribution is 2.21. The quantitative estimate of drug-likeness (QED) is 0.599. The van der Waals surface area contributed by atoms with Crippen molar-refractivity contribution in [1.82, 2.24) is 5.32 Å². The second kappa shape index (κ2) is 8.32. The van der Waals surface area contributed by atoms with Crippen LogP contribution in [0.25, 0.3) is 0 Å². The van der Waals surface area contributed by atoms with Gasteiger partial charge in [0, 0.05) is 0 Å². The molecule has 1 aromatic heterocycles. The molecular formula is C17H14F3NO5. The van der Waals surface area contributed by atoms with E-state index in [0.29, 0.717) is 5.56 Å². The first kappa shape index (κ1) is 19.2. The van der Waals surface area contributed by atoms with Crippen LogP contribution < -0.4 is 5.32 Å². The lowest BCUT2D eigenvalue weighted by molar-refractivity contribution is -0.174. The van der Waals surface area contributed by atoms with Gasteiger partial charge < -0.3 is 14.5 Å². The Hall–Kier alpha value is -3.10. The van der Waals surface area contributed by atoms with Gasteiger partial charge in [0.15, 0.2) is 12.4 Å². The average molecular weight is 369 g/mol. The number of rotatable bonds is 7. The predicted molar refractivity (Wildman–Crippen MR) is 82.0 cm³/mol. The van der Waals surface area contributed by atoms with E-state index in [4.69, 9.17) is 9.15 Å². The molecule has 0 aliphatic carbocycles. The largest absolute Gasteiger partial charge is 0.471 e. The van der Waals surface area contributed by atoms with Crippen LogP contribution in [0.15, 0.2) is 53.1 Å². The van der Waals surface area contributed by atoms with E-state index in [-0.39, 0.29) is 5.76 Å². The number of Topliss-reactive ketones (excluding diaryl/α,β-unsaturated/α-hetero) is 1. The van der Waals surface area contributed by atoms with Crippen LogP contribution in [0.1, 0.15) is 28.6 Å². The Labute approximate surface area is 145 Å². The minimum Gasteiger partial charge on any atom is -0.461 e. The number of nitrogens with one attached hydrogen (secondary N) is 1. The fourth-order valence-electron chi connectivity index (χ4n) is 2.06. The molecule has 138 valence electrons. The van der Waals surface area contributed by atoms with Crippen LogP contribution in [0, 0.1) is 0 Å². The maximum atomic E-state index is 12.5. The van der Waals surface area contributed by atoms with Crippen LogP contribution in [0.2, 0.25) is 0 Å². The number of hydrogen-bond donors (Lipinski definition) is 1. The monoisotopic (exact) mass is 369 g/mol. The number of esters is 1. The third-order valence-electron chi connectivity index (χ3n) is 3.30. The number of halogens is 3. The smallest absolute Gasteiger partial charge is 0.461 e. The van der Waals surface area contributed by atoms with Gasteiger partial charge in [0.1, 0.15) is 0 Å². The van der Waals surface area contributed by atoms with Gasteiger partial charge in [-0.2, -0.15) is 13.2 Å². The van der Waals surface area contributed by atoms with Crippen LogP contribution in [0.5, 0.6) is 0 Å². The van der Waals surface area contributed by atoms with Crippen molar-refractivity contribution in [2.24, 2.45) is 0 Å². The van der Waals surface area contributed by atoms with Crippen molar-refractivity contribution in [3.8, 4) is 0 Å². The molecule has 0 spiro atoms. The van der Waals surface area contributed by atoms with Crippen molar-refractivity contribution in [2.75, 3.05) is 6.61 Å². The normalized spacial score (nSPS) is 12.3. The standard InChI is InChI=1S/C17H14F3NO5/c18-17(19,20)16(24)21-12(11-5-2-1-3-6-11)9-15(23)26-10-13(22)14-7-4-8-25-14/h1-8,12H,9-10H2,(H,21,24). The predicted octanol–water partition coefficient (Wildman–Crippen LogP) is 2.82. The summed E-state index contributed by atoms with van der Waals surface area (Å²) in [4.78, 5) is 34.8. The van der Waals surface area contributed by atoms with Gasteiger partial charge in [-0.05, 0) is 17.7 Å². The Morgan fingerprint density at radius 2 is 1.77 bits per heavy atom. The van der Waals surface area contributed by atoms with Gasteiger partial charge in [-0.25, -0.2) is 0 Å². The van der Waals surface area contributed by atoms with E-state index in [2.05, 4.69) is 0 Å². The topological polar surface area (TPSA) is 85.6 Å². The molecule has 1 unspecified atom stereocenters. The Kier molecular flexibility index (Phi) is 6.16. The lowest BCUT2D eigenvalue weighted by Crippen LogP contribution is -2.40. The number of hydrogen-bond acceptors (Lipinski definition) is 5. The molecular weight excluding hydrogens is 355 g/mol. The summed E-state index contributed by atoms with van der Waals surface area (Å²) >= 11 is 0. The molecule has 0 aliphatic heterocycles. The fourth-order valence-corrected chi connectivity index (χ4v) is 2.06. The molecule has 1 N–H and O–H groups in total. The van der Waals surface area contributed by atoms with Gasteiger partial charge in [-0.1, -0.05) is 30.3 Å². The highest BCUT2D eigenvalue weighted by molar-refractivity contribution is 5.95. The highest BCUT2D eigenvalue weighted by Gasteiger charge is 2.40. The van der Waals surface area contributed by atoms with Crippen molar-refractivity contribution < 1.29 is 36.7 Å². The summed E-state index contributed by atoms with van der Waals surface area (Å²) in [5.41, 5.74) is 0.291. The minimum absolute atomic E-state index is 0.0113. The minimum atomic E-state index is -5.09. The second-order valence-corrected chi connectivity index (χ2v) is 5.20. The first-order valence-corrected chi connectivity index (χ1v) is 7.42. The number of furan rings is 1. The molecule has 0 aliphatic rings. The fraction of sp³-hybridized carbons (Fsp3) is 0.235. The summed E-state index contributed by atoms with van der Waals surface area (Å²) in [6, 6.07) is 9.26. The Morgan fingerprint density at radius 1 is 1.08 bits per heavy atom. The van der Waals surface area contributed by atoms with E-state index < -0.39 is 42.9 Å². The number of amides is 1. The van der Waals surface area contributed by atoms with Gasteiger partial charge in [-0.15, -0.1) is 0 Å². The van der Waals surface area contributed by atoms with Crippen molar-refractivity contribution >= 4 is 17.7 Å². The van der Waals surface area contributed by atoms with E-state index in [9.17, 15) is 27.6 Å². The summed E-state index contributed by atoms with van der Waals surface area (Å²) in [5, 5.41) is 1.75. The van der Waals surface area contributed by atoms with E-state index in [1.165, 1.54) is 30.5 Å². The summed E-state index contributed by atoms with van der Waals surface area (Å²) < 4.78 is 47.1. The zero-order valence-electron chi connectivity index (χ0n) is 13.3. The third kappa shape index (κ3) is 5.47. The molecule has 1 atom stereocenters. The summed E-state index contributed by atoms with van der Waals surface area (Å²) in [7, 11) is 0. The van der Waals surface area contributed by atoms with Gasteiger partial charge >= 0.3 is 18.1 Å². The SMILES string of the molecule is O=C(CC(NC(=O)C(F)(F)F)c1ccccc1)OCC(=O)c1ccco1. The number of carbonyl (C=O) groups excluding carboxylic acids is 3. The molecule has 1 amide bonds. The molecule has 0 bridgehead atoms. The average Bonchev–Trinajstić information content (AvgIpc) is 3.13. The van der Waals surface area contributed by atoms with Crippen LogP contribution in [0.4, 0.5) is 13.2 Å². The highest BCUT2D eigenvalue weighted by atomic mass is 19.4. The molecule has 1 heterocycles. The molecule has 2 rings (SSSR count). The summed E-state index contributed by atoms with van der Waals surface area (Å²) in [6.07, 6.45) is -4.39. The number of alkyl halides is 3. The number of carbonyl (C=O) groups is 3. The van der Waals surface area contributed by atoms with E-state index >= 15 is 0 Å². The Morgan fingerprint density at radius 3 is 2.35 bits per heavy atom. The molecule has 1 aromatic carbocycles. The number of benzene rings is 1. The van der Waals surface area contributed by atoms with Gasteiger partial charge in [0.2, 0.25) is 5.78 Å². The molecule has 0 saturated heterocycles. The van der Waals surface area contributed by atoms with E-state index in [1.54, 1.807) is 23.5 Å². The first-order valence-electron chi connectivity index (χ1n) is 7.42. The van der Waals surface area contributed by atoms with Crippen LogP contribution in [-0.2, 0) is 14.3 Å². The lowest BCUT2D eigenvalue weighted by atomic mass is 10.0. The lowest BCUT2D eigenvalue weighted by Gasteiger charge is -2.19. The molecule has 26 heavy (non-hydrogen) atoms. The van der Waals surface area contributed by atoms with Gasteiger partial charge in [-0.3, -0.25) is 14.4 Å². The second-order valence-electron chi connectivity index (χ2n) is 5.20. The molecule has 9 heteroatoms. The first-order chi connectivity index (χ1) is 12.3. The van der Waals surface area contributed by atoms with E-state index in [0.717, 1.165) is 0 Å². The number of ether oxygens (including phenoxy) is 1. The molecule has 0 fully saturated rings. The van der Waals surface area contributed by atoms with Crippen LogP contribution in [-0.4, -0.2) is 30.4 Å². The van der Waals surface area contributed by atoms with Crippen LogP contribution >= 0.6 is 0 Å². The summed E-state index contributed by atoms with van der Waals surface area (Å²) in [6.45, 7) is -0.624. The molecule has 0 radical (unpaired) electrons. The maximum absolute atomic E-state index is 12.5. The third-order valence-corrected chi connectivity index (χ3v) is 3.30. The van der Waals surface area contributed by atoms with Crippen molar-refractivity contribution in [2.45, 2.75) is 18.6 Å². The molecule has 2 aromatic rings. The number of ketones is 1. The maximum Gasteiger partial charge on any atom is 0.471 e. The van der Waals surface area contributed by atoms with Crippen LogP contribution in [0.3, 0.4) is 0 Å². The zero-order chi connectivity index (χ0) is 19.2. The van der Waals surface area contributed by atoms with Crippen molar-refractivity contribution in [3.63, 3.8) is 0 Å².